The van der Waals surface area contributed by atoms with Crippen molar-refractivity contribution in [2.24, 2.45) is 0 Å². The van der Waals surface area contributed by atoms with E-state index in [-0.39, 0.29) is 49.7 Å². The molecule has 0 amide bonds. The molecule has 0 saturated heterocycles. The number of anilines is 2. The summed E-state index contributed by atoms with van der Waals surface area (Å²) in [6.45, 7) is 24.0. The molecule has 1 aliphatic rings. The molecule has 1 aliphatic heterocycles. The van der Waals surface area contributed by atoms with Crippen molar-refractivity contribution in [1.82, 2.24) is 9.55 Å². The van der Waals surface area contributed by atoms with E-state index in [9.17, 15) is 2.74 Å². The average Bonchev–Trinajstić information content (AvgIpc) is 3.78. The van der Waals surface area contributed by atoms with Crippen LogP contribution in [0.15, 0.2) is 158 Å². The van der Waals surface area contributed by atoms with Crippen molar-refractivity contribution >= 4 is 33.2 Å². The van der Waals surface area contributed by atoms with Crippen LogP contribution in [0.3, 0.4) is 0 Å². The normalized spacial score (nSPS) is 14.2. The maximum Gasteiger partial charge on any atom is 0.135 e. The SMILES string of the molecule is [2H]C1=C([2H])N(c2cc(C(C)(C)C)cc(C(C)(C)C)c2)[CH-]N1c1[c-]c(Oc2[c-]c3c(cc2)c2ccccc2n3-c2cc(C(C)(C)c3ccccc3)ccn2)cc(C(C)(C)c2ccccc2)c1.[Pt]. The van der Waals surface area contributed by atoms with Gasteiger partial charge in [-0.3, -0.25) is 0 Å². The number of benzene rings is 6. The van der Waals surface area contributed by atoms with Crippen LogP contribution < -0.4 is 14.5 Å². The molecule has 2 aromatic heterocycles. The molecule has 64 heavy (non-hydrogen) atoms. The van der Waals surface area contributed by atoms with Gasteiger partial charge in [0.15, 0.2) is 0 Å². The number of fused-ring (bicyclic) bond motifs is 3. The van der Waals surface area contributed by atoms with Crippen LogP contribution >= 0.6 is 0 Å². The third kappa shape index (κ3) is 8.55. The van der Waals surface area contributed by atoms with Gasteiger partial charge in [-0.1, -0.05) is 160 Å². The summed E-state index contributed by atoms with van der Waals surface area (Å²) >= 11 is 0. The Labute approximate surface area is 397 Å². The van der Waals surface area contributed by atoms with Gasteiger partial charge in [-0.15, -0.1) is 53.6 Å². The third-order valence-electron chi connectivity index (χ3n) is 12.7. The second-order valence-corrected chi connectivity index (χ2v) is 19.9. The van der Waals surface area contributed by atoms with Crippen molar-refractivity contribution in [3.8, 4) is 17.3 Å². The molecule has 0 radical (unpaired) electrons. The quantitative estimate of drug-likeness (QED) is 0.135. The summed E-state index contributed by atoms with van der Waals surface area (Å²) in [6.07, 6.45) is 2.02. The number of pyridine rings is 1. The molecule has 0 bridgehead atoms. The van der Waals surface area contributed by atoms with Crippen LogP contribution in [0.2, 0.25) is 0 Å². The Hall–Kier alpha value is -5.90. The van der Waals surface area contributed by atoms with E-state index < -0.39 is 5.41 Å². The van der Waals surface area contributed by atoms with E-state index in [0.29, 0.717) is 17.2 Å². The first-order valence-electron chi connectivity index (χ1n) is 22.9. The largest absolute Gasteiger partial charge is 0.509 e. The summed E-state index contributed by atoms with van der Waals surface area (Å²) in [5.41, 5.74) is 9.20. The average molecular weight is 1020 g/mol. The Morgan fingerprint density at radius 3 is 1.77 bits per heavy atom. The molecule has 3 heterocycles. The number of rotatable bonds is 9. The smallest absolute Gasteiger partial charge is 0.135 e. The number of para-hydroxylation sites is 1. The number of aromatic nitrogens is 2. The first-order chi connectivity index (χ1) is 30.8. The van der Waals surface area contributed by atoms with Gasteiger partial charge in [0.05, 0.1) is 2.74 Å². The summed E-state index contributed by atoms with van der Waals surface area (Å²) in [7, 11) is 0. The fourth-order valence-corrected chi connectivity index (χ4v) is 8.49. The Bertz CT molecular complexity index is 3070. The third-order valence-corrected chi connectivity index (χ3v) is 12.7. The Balaban J connectivity index is 0.00000592. The molecule has 5 nitrogen and oxygen atoms in total. The molecule has 6 aromatic carbocycles. The summed E-state index contributed by atoms with van der Waals surface area (Å²) in [4.78, 5) is 8.49. The zero-order valence-corrected chi connectivity index (χ0v) is 40.7. The molecule has 0 spiro atoms. The van der Waals surface area contributed by atoms with E-state index in [0.717, 1.165) is 50.0 Å². The van der Waals surface area contributed by atoms with Crippen molar-refractivity contribution in [1.29, 1.82) is 0 Å². The molecule has 0 atom stereocenters. The van der Waals surface area contributed by atoms with Gasteiger partial charge in [-0.2, -0.15) is 6.07 Å². The number of ether oxygens (including phenoxy) is 1. The van der Waals surface area contributed by atoms with Crippen LogP contribution in [0.1, 0.15) is 105 Å². The van der Waals surface area contributed by atoms with Crippen molar-refractivity contribution in [3.63, 3.8) is 0 Å². The van der Waals surface area contributed by atoms with Crippen LogP contribution in [-0.4, -0.2) is 9.55 Å². The predicted molar refractivity (Wildman–Crippen MR) is 262 cm³/mol. The molecule has 328 valence electrons. The van der Waals surface area contributed by atoms with Crippen molar-refractivity contribution < 1.29 is 28.5 Å². The van der Waals surface area contributed by atoms with Gasteiger partial charge in [-0.25, -0.2) is 4.98 Å². The van der Waals surface area contributed by atoms with Gasteiger partial charge in [0.25, 0.3) is 0 Å². The summed E-state index contributed by atoms with van der Waals surface area (Å²) < 4.78 is 27.7. The topological polar surface area (TPSA) is 33.5 Å². The Morgan fingerprint density at radius 1 is 0.531 bits per heavy atom. The monoisotopic (exact) mass is 1020 g/mol. The molecule has 0 aliphatic carbocycles. The van der Waals surface area contributed by atoms with Crippen LogP contribution in [0.25, 0.3) is 27.6 Å². The van der Waals surface area contributed by atoms with E-state index in [1.54, 1.807) is 9.80 Å². The summed E-state index contributed by atoms with van der Waals surface area (Å²) in [5.74, 6) is 1.78. The van der Waals surface area contributed by atoms with Crippen LogP contribution in [0, 0.1) is 18.8 Å². The van der Waals surface area contributed by atoms with E-state index in [4.69, 9.17) is 9.72 Å². The van der Waals surface area contributed by atoms with Crippen molar-refractivity contribution in [2.45, 2.75) is 90.9 Å². The van der Waals surface area contributed by atoms with Crippen LogP contribution in [0.4, 0.5) is 11.4 Å². The Kier molecular flexibility index (Phi) is 11.1. The maximum atomic E-state index is 9.37. The first kappa shape index (κ1) is 42.1. The van der Waals surface area contributed by atoms with Gasteiger partial charge in [0, 0.05) is 55.4 Å². The van der Waals surface area contributed by atoms with E-state index in [1.807, 2.05) is 31.1 Å². The van der Waals surface area contributed by atoms with Gasteiger partial charge >= 0.3 is 0 Å². The van der Waals surface area contributed by atoms with Gasteiger partial charge in [0.2, 0.25) is 0 Å². The van der Waals surface area contributed by atoms with Gasteiger partial charge < -0.3 is 19.1 Å². The van der Waals surface area contributed by atoms with Crippen molar-refractivity contribution in [3.05, 3.63) is 210 Å². The van der Waals surface area contributed by atoms with E-state index in [1.165, 1.54) is 16.7 Å². The summed E-state index contributed by atoms with van der Waals surface area (Å²) in [6, 6.07) is 55.6. The molecule has 8 aromatic rings. The van der Waals surface area contributed by atoms with Crippen molar-refractivity contribution in [2.75, 3.05) is 9.80 Å². The number of hydrogen-bond acceptors (Lipinski definition) is 4. The Morgan fingerprint density at radius 2 is 1.12 bits per heavy atom. The van der Waals surface area contributed by atoms with Crippen LogP contribution in [0.5, 0.6) is 11.5 Å². The minimum absolute atomic E-state index is 0. The molecule has 9 rings (SSSR count). The minimum atomic E-state index is -0.453. The van der Waals surface area contributed by atoms with Gasteiger partial charge in [-0.05, 0) is 92.1 Å². The molecule has 0 fully saturated rings. The maximum absolute atomic E-state index is 9.37. The molecule has 0 N–H and O–H groups in total. The zero-order chi connectivity index (χ0) is 46.1. The molecular formula is C58H57N4OPt-3. The molecule has 0 unspecified atom stereocenters. The van der Waals surface area contributed by atoms with Crippen LogP contribution in [-0.2, 0) is 42.7 Å². The van der Waals surface area contributed by atoms with Gasteiger partial charge in [0.1, 0.15) is 5.82 Å². The number of nitrogens with zero attached hydrogens (tertiary/aromatic N) is 4. The fourth-order valence-electron chi connectivity index (χ4n) is 8.49. The second-order valence-electron chi connectivity index (χ2n) is 19.9. The fraction of sp³-hybridized carbons (Fsp3) is 0.241. The minimum Gasteiger partial charge on any atom is -0.509 e. The molecule has 0 saturated carbocycles. The zero-order valence-electron chi connectivity index (χ0n) is 40.4. The first-order valence-corrected chi connectivity index (χ1v) is 21.9. The second kappa shape index (κ2) is 16.9. The number of hydrogen-bond donors (Lipinski definition) is 0. The van der Waals surface area contributed by atoms with E-state index in [2.05, 4.69) is 207 Å². The standard InChI is InChI=1S/C58H57N4O.Pt/c1-55(2,3)43-31-44(56(4,5)6)33-46(32-43)60-29-30-61(39-60)47-34-45(58(9,10)41-21-15-12-16-22-41)35-49(37-47)63-48-25-26-51-50-23-17-18-24-52(50)62(53(51)38-48)54-36-42(27-28-59-54)57(7,8)40-19-13-11-14-20-40;/h11-36,39H,1-10H3;/q-3;/i29D,30D;. The molecular weight excluding hydrogens is 964 g/mol. The molecule has 6 heteroatoms. The van der Waals surface area contributed by atoms with E-state index >= 15 is 0 Å². The summed E-state index contributed by atoms with van der Waals surface area (Å²) in [5, 5.41) is 2.13. The predicted octanol–water partition coefficient (Wildman–Crippen LogP) is 14.7.